The first kappa shape index (κ1) is 14.3. The molecule has 0 aromatic carbocycles. The van der Waals surface area contributed by atoms with Crippen LogP contribution in [0.1, 0.15) is 23.2 Å². The molecule has 1 saturated heterocycles. The number of ether oxygens (including phenoxy) is 1. The SMILES string of the molecule is O=C(Cn1cccc(C(=O)O)c1=O)NC1CCOCC1. The largest absolute Gasteiger partial charge is 0.477 e. The molecular formula is C13H16N2O5. The zero-order chi connectivity index (χ0) is 14.5. The van der Waals surface area contributed by atoms with Gasteiger partial charge in [0.25, 0.3) is 5.56 Å². The predicted molar refractivity (Wildman–Crippen MR) is 69.6 cm³/mol. The first-order valence-corrected chi connectivity index (χ1v) is 6.38. The summed E-state index contributed by atoms with van der Waals surface area (Å²) in [6.07, 6.45) is 2.89. The average Bonchev–Trinajstić information content (AvgIpc) is 2.42. The van der Waals surface area contributed by atoms with E-state index in [9.17, 15) is 14.4 Å². The van der Waals surface area contributed by atoms with Gasteiger partial charge in [0, 0.05) is 25.5 Å². The Morgan fingerprint density at radius 2 is 2.10 bits per heavy atom. The summed E-state index contributed by atoms with van der Waals surface area (Å²) in [4.78, 5) is 34.5. The fourth-order valence-electron chi connectivity index (χ4n) is 2.09. The smallest absolute Gasteiger partial charge is 0.341 e. The van der Waals surface area contributed by atoms with Crippen molar-refractivity contribution in [3.63, 3.8) is 0 Å². The summed E-state index contributed by atoms with van der Waals surface area (Å²) < 4.78 is 6.28. The number of hydrogen-bond donors (Lipinski definition) is 2. The molecule has 0 radical (unpaired) electrons. The number of carboxylic acids is 1. The molecular weight excluding hydrogens is 264 g/mol. The second-order valence-electron chi connectivity index (χ2n) is 4.61. The van der Waals surface area contributed by atoms with E-state index in [-0.39, 0.29) is 24.1 Å². The van der Waals surface area contributed by atoms with Crippen LogP contribution in [0, 0.1) is 0 Å². The zero-order valence-electron chi connectivity index (χ0n) is 10.9. The maximum atomic E-state index is 11.9. The molecule has 2 N–H and O–H groups in total. The van der Waals surface area contributed by atoms with Crippen LogP contribution in [0.5, 0.6) is 0 Å². The molecule has 0 unspecified atom stereocenters. The number of nitrogens with zero attached hydrogens (tertiary/aromatic N) is 1. The van der Waals surface area contributed by atoms with Crippen LogP contribution in [-0.2, 0) is 16.1 Å². The highest BCUT2D eigenvalue weighted by atomic mass is 16.5. The van der Waals surface area contributed by atoms with Gasteiger partial charge < -0.3 is 19.7 Å². The third-order valence-corrected chi connectivity index (χ3v) is 3.15. The van der Waals surface area contributed by atoms with Crippen molar-refractivity contribution < 1.29 is 19.4 Å². The van der Waals surface area contributed by atoms with Crippen molar-refractivity contribution >= 4 is 11.9 Å². The molecule has 7 heteroatoms. The van der Waals surface area contributed by atoms with Crippen molar-refractivity contribution in [1.82, 2.24) is 9.88 Å². The lowest BCUT2D eigenvalue weighted by molar-refractivity contribution is -0.123. The molecule has 0 atom stereocenters. The number of hydrogen-bond acceptors (Lipinski definition) is 4. The maximum Gasteiger partial charge on any atom is 0.341 e. The minimum absolute atomic E-state index is 0.0506. The number of carbonyl (C=O) groups is 2. The molecule has 1 aromatic heterocycles. The molecule has 1 aromatic rings. The standard InChI is InChI=1S/C13H16N2O5/c16-11(14-9-3-6-20-7-4-9)8-15-5-1-2-10(12(15)17)13(18)19/h1-2,5,9H,3-4,6-8H2,(H,14,16)(H,18,19). The van der Waals surface area contributed by atoms with Crippen molar-refractivity contribution in [3.8, 4) is 0 Å². The van der Waals surface area contributed by atoms with Crippen LogP contribution in [0.25, 0.3) is 0 Å². The highest BCUT2D eigenvalue weighted by molar-refractivity contribution is 5.87. The lowest BCUT2D eigenvalue weighted by Crippen LogP contribution is -2.42. The molecule has 0 bridgehead atoms. The number of nitrogens with one attached hydrogen (secondary N) is 1. The summed E-state index contributed by atoms with van der Waals surface area (Å²) >= 11 is 0. The fraction of sp³-hybridized carbons (Fsp3) is 0.462. The normalized spacial score (nSPS) is 15.8. The Morgan fingerprint density at radius 3 is 2.75 bits per heavy atom. The first-order chi connectivity index (χ1) is 9.58. The van der Waals surface area contributed by atoms with Gasteiger partial charge in [-0.05, 0) is 25.0 Å². The average molecular weight is 280 g/mol. The van der Waals surface area contributed by atoms with E-state index < -0.39 is 11.5 Å². The number of carbonyl (C=O) groups excluding carboxylic acids is 1. The van der Waals surface area contributed by atoms with Crippen LogP contribution in [0.2, 0.25) is 0 Å². The Hall–Kier alpha value is -2.15. The van der Waals surface area contributed by atoms with E-state index >= 15 is 0 Å². The zero-order valence-corrected chi connectivity index (χ0v) is 10.9. The van der Waals surface area contributed by atoms with Crippen LogP contribution in [0.3, 0.4) is 0 Å². The van der Waals surface area contributed by atoms with Crippen molar-refractivity contribution in [1.29, 1.82) is 0 Å². The molecule has 108 valence electrons. The van der Waals surface area contributed by atoms with Gasteiger partial charge >= 0.3 is 5.97 Å². The Labute approximate surface area is 115 Å². The molecule has 1 aliphatic heterocycles. The van der Waals surface area contributed by atoms with Crippen LogP contribution in [-0.4, -0.2) is 40.8 Å². The quantitative estimate of drug-likeness (QED) is 0.798. The Kier molecular flexibility index (Phi) is 4.52. The maximum absolute atomic E-state index is 11.9. The van der Waals surface area contributed by atoms with Crippen LogP contribution in [0.15, 0.2) is 23.1 Å². The van der Waals surface area contributed by atoms with Crippen molar-refractivity contribution in [2.75, 3.05) is 13.2 Å². The Morgan fingerprint density at radius 1 is 1.40 bits per heavy atom. The molecule has 2 heterocycles. The van der Waals surface area contributed by atoms with Gasteiger partial charge in [0.2, 0.25) is 5.91 Å². The summed E-state index contributed by atoms with van der Waals surface area (Å²) in [7, 11) is 0. The summed E-state index contributed by atoms with van der Waals surface area (Å²) in [6, 6.07) is 2.71. The van der Waals surface area contributed by atoms with E-state index in [1.807, 2.05) is 0 Å². The lowest BCUT2D eigenvalue weighted by Gasteiger charge is -2.23. The van der Waals surface area contributed by atoms with E-state index in [4.69, 9.17) is 9.84 Å². The van der Waals surface area contributed by atoms with Crippen molar-refractivity contribution in [2.24, 2.45) is 0 Å². The molecule has 7 nitrogen and oxygen atoms in total. The van der Waals surface area contributed by atoms with E-state index in [1.165, 1.54) is 18.3 Å². The number of carboxylic acid groups (broad SMARTS) is 1. The van der Waals surface area contributed by atoms with Gasteiger partial charge in [0.15, 0.2) is 0 Å². The van der Waals surface area contributed by atoms with E-state index in [2.05, 4.69) is 5.32 Å². The van der Waals surface area contributed by atoms with E-state index in [1.54, 1.807) is 0 Å². The van der Waals surface area contributed by atoms with Crippen molar-refractivity contribution in [2.45, 2.75) is 25.4 Å². The topological polar surface area (TPSA) is 97.6 Å². The number of aromatic nitrogens is 1. The first-order valence-electron chi connectivity index (χ1n) is 6.38. The van der Waals surface area contributed by atoms with E-state index in [0.717, 1.165) is 17.4 Å². The van der Waals surface area contributed by atoms with Crippen molar-refractivity contribution in [3.05, 3.63) is 34.2 Å². The number of aromatic carboxylic acids is 1. The summed E-state index contributed by atoms with van der Waals surface area (Å²) in [5.41, 5.74) is -1.02. The second-order valence-corrected chi connectivity index (χ2v) is 4.61. The molecule has 1 fully saturated rings. The molecule has 2 rings (SSSR count). The van der Waals surface area contributed by atoms with Gasteiger partial charge in [-0.3, -0.25) is 9.59 Å². The van der Waals surface area contributed by atoms with E-state index in [0.29, 0.717) is 13.2 Å². The Bertz CT molecular complexity index is 560. The molecule has 1 amide bonds. The minimum Gasteiger partial charge on any atom is -0.477 e. The molecule has 0 aliphatic carbocycles. The minimum atomic E-state index is -1.30. The molecule has 0 spiro atoms. The highest BCUT2D eigenvalue weighted by Crippen LogP contribution is 2.05. The Balaban J connectivity index is 2.02. The summed E-state index contributed by atoms with van der Waals surface area (Å²) in [5, 5.41) is 11.7. The van der Waals surface area contributed by atoms with Gasteiger partial charge in [0.1, 0.15) is 12.1 Å². The number of amides is 1. The van der Waals surface area contributed by atoms with Gasteiger partial charge in [-0.1, -0.05) is 0 Å². The third kappa shape index (κ3) is 3.45. The van der Waals surface area contributed by atoms with Crippen LogP contribution in [0.4, 0.5) is 0 Å². The van der Waals surface area contributed by atoms with Crippen LogP contribution < -0.4 is 10.9 Å². The van der Waals surface area contributed by atoms with Gasteiger partial charge in [-0.15, -0.1) is 0 Å². The van der Waals surface area contributed by atoms with Gasteiger partial charge in [-0.25, -0.2) is 4.79 Å². The number of rotatable bonds is 4. The van der Waals surface area contributed by atoms with Crippen LogP contribution >= 0.6 is 0 Å². The summed E-state index contributed by atoms with van der Waals surface area (Å²) in [6.45, 7) is 1.04. The fourth-order valence-corrected chi connectivity index (χ4v) is 2.09. The monoisotopic (exact) mass is 280 g/mol. The lowest BCUT2D eigenvalue weighted by atomic mass is 10.1. The van der Waals surface area contributed by atoms with Gasteiger partial charge in [0.05, 0.1) is 0 Å². The predicted octanol–water partition coefficient (Wildman–Crippen LogP) is -0.158. The summed E-state index contributed by atoms with van der Waals surface area (Å²) in [5.74, 6) is -1.60. The molecule has 20 heavy (non-hydrogen) atoms. The highest BCUT2D eigenvalue weighted by Gasteiger charge is 2.17. The second kappa shape index (κ2) is 6.33. The number of pyridine rings is 1. The molecule has 1 aliphatic rings. The van der Waals surface area contributed by atoms with Gasteiger partial charge in [-0.2, -0.15) is 0 Å². The third-order valence-electron chi connectivity index (χ3n) is 3.15. The molecule has 0 saturated carbocycles.